The normalized spacial score (nSPS) is 10.4. The molecule has 8 heteroatoms. The Morgan fingerprint density at radius 2 is 1.86 bits per heavy atom. The smallest absolute Gasteiger partial charge is 0.338 e. The summed E-state index contributed by atoms with van der Waals surface area (Å²) in [6.45, 7) is 3.19. The van der Waals surface area contributed by atoms with E-state index in [1.807, 2.05) is 19.9 Å². The number of nitrogens with zero attached hydrogens (tertiary/aromatic N) is 1. The highest BCUT2D eigenvalue weighted by Crippen LogP contribution is 2.18. The van der Waals surface area contributed by atoms with Crippen molar-refractivity contribution < 1.29 is 19.1 Å². The van der Waals surface area contributed by atoms with E-state index in [4.69, 9.17) is 16.3 Å². The summed E-state index contributed by atoms with van der Waals surface area (Å²) in [5.41, 5.74) is 3.39. The first-order valence-corrected chi connectivity index (χ1v) is 9.12. The maximum absolute atomic E-state index is 12.2. The fourth-order valence-electron chi connectivity index (χ4n) is 2.64. The molecule has 29 heavy (non-hydrogen) atoms. The molecule has 3 rings (SSSR count). The van der Waals surface area contributed by atoms with Crippen molar-refractivity contribution in [3.05, 3.63) is 70.4 Å². The first-order valence-electron chi connectivity index (χ1n) is 8.74. The number of aryl methyl sites for hydroxylation is 1. The van der Waals surface area contributed by atoms with Crippen LogP contribution < -0.4 is 10.6 Å². The van der Waals surface area contributed by atoms with Gasteiger partial charge in [-0.2, -0.15) is 0 Å². The number of rotatable bonds is 4. The van der Waals surface area contributed by atoms with Crippen molar-refractivity contribution in [2.45, 2.75) is 13.8 Å². The summed E-state index contributed by atoms with van der Waals surface area (Å²) >= 11 is 5.83. The molecule has 0 fully saturated rings. The highest BCUT2D eigenvalue weighted by molar-refractivity contribution is 6.29. The SMILES string of the molecule is Cc1cccc(NC(=O)NC(=O)COC(=O)c2ccc3nc(Cl)ccc3c2)c1C. The second-order valence-corrected chi connectivity index (χ2v) is 6.75. The molecule has 1 heterocycles. The van der Waals surface area contributed by atoms with Crippen molar-refractivity contribution in [2.75, 3.05) is 11.9 Å². The number of hydrogen-bond donors (Lipinski definition) is 2. The molecule has 0 saturated heterocycles. The third-order valence-corrected chi connectivity index (χ3v) is 4.54. The molecule has 0 aliphatic carbocycles. The third kappa shape index (κ3) is 5.08. The molecule has 3 aromatic rings. The van der Waals surface area contributed by atoms with E-state index in [1.165, 1.54) is 6.07 Å². The van der Waals surface area contributed by atoms with Crippen molar-refractivity contribution in [3.8, 4) is 0 Å². The zero-order valence-electron chi connectivity index (χ0n) is 15.8. The number of carbonyl (C=O) groups excluding carboxylic acids is 3. The Balaban J connectivity index is 1.54. The Morgan fingerprint density at radius 1 is 1.07 bits per heavy atom. The Kier molecular flexibility index (Phi) is 6.09. The number of anilines is 1. The number of fused-ring (bicyclic) bond motifs is 1. The minimum atomic E-state index is -0.740. The number of aromatic nitrogens is 1. The van der Waals surface area contributed by atoms with Crippen LogP contribution in [0, 0.1) is 13.8 Å². The Bertz CT molecular complexity index is 1110. The minimum absolute atomic E-state index is 0.259. The first-order chi connectivity index (χ1) is 13.8. The van der Waals surface area contributed by atoms with Gasteiger partial charge in [-0.25, -0.2) is 14.6 Å². The number of carbonyl (C=O) groups is 3. The maximum Gasteiger partial charge on any atom is 0.338 e. The van der Waals surface area contributed by atoms with Gasteiger partial charge in [0.25, 0.3) is 5.91 Å². The van der Waals surface area contributed by atoms with Gasteiger partial charge in [0.1, 0.15) is 5.15 Å². The van der Waals surface area contributed by atoms with Crippen molar-refractivity contribution in [3.63, 3.8) is 0 Å². The number of esters is 1. The second kappa shape index (κ2) is 8.70. The van der Waals surface area contributed by atoms with Crippen molar-refractivity contribution in [2.24, 2.45) is 0 Å². The van der Waals surface area contributed by atoms with Gasteiger partial charge in [-0.05, 0) is 61.4 Å². The number of hydrogen-bond acceptors (Lipinski definition) is 5. The molecule has 7 nitrogen and oxygen atoms in total. The topological polar surface area (TPSA) is 97.4 Å². The number of pyridine rings is 1. The van der Waals surface area contributed by atoms with Gasteiger partial charge in [0.15, 0.2) is 6.61 Å². The van der Waals surface area contributed by atoms with Crippen LogP contribution in [0.1, 0.15) is 21.5 Å². The van der Waals surface area contributed by atoms with Crippen LogP contribution >= 0.6 is 11.6 Å². The van der Waals surface area contributed by atoms with Crippen molar-refractivity contribution in [1.82, 2.24) is 10.3 Å². The molecule has 1 aromatic heterocycles. The van der Waals surface area contributed by atoms with Gasteiger partial charge in [-0.1, -0.05) is 23.7 Å². The molecule has 0 spiro atoms. The molecule has 3 amide bonds. The lowest BCUT2D eigenvalue weighted by molar-refractivity contribution is -0.123. The molecule has 0 atom stereocenters. The lowest BCUT2D eigenvalue weighted by Gasteiger charge is -2.11. The van der Waals surface area contributed by atoms with Gasteiger partial charge in [-0.15, -0.1) is 0 Å². The molecular formula is C21H18ClN3O4. The molecule has 0 saturated carbocycles. The van der Waals surface area contributed by atoms with Gasteiger partial charge in [0.05, 0.1) is 11.1 Å². The molecule has 148 valence electrons. The van der Waals surface area contributed by atoms with E-state index in [9.17, 15) is 14.4 Å². The summed E-state index contributed by atoms with van der Waals surface area (Å²) in [4.78, 5) is 40.2. The molecule has 0 radical (unpaired) electrons. The Labute approximate surface area is 172 Å². The molecular weight excluding hydrogens is 394 g/mol. The van der Waals surface area contributed by atoms with E-state index in [1.54, 1.807) is 36.4 Å². The number of halogens is 1. The number of nitrogens with one attached hydrogen (secondary N) is 2. The van der Waals surface area contributed by atoms with Gasteiger partial charge in [0, 0.05) is 11.1 Å². The summed E-state index contributed by atoms with van der Waals surface area (Å²) in [5.74, 6) is -1.43. The standard InChI is InChI=1S/C21H18ClN3O4/c1-12-4-3-5-16(13(12)2)24-21(28)25-19(26)11-29-20(27)15-6-8-17-14(10-15)7-9-18(22)23-17/h3-10H,11H2,1-2H3,(H2,24,25,26,28). The van der Waals surface area contributed by atoms with Crippen LogP contribution in [0.15, 0.2) is 48.5 Å². The number of amides is 3. The highest BCUT2D eigenvalue weighted by atomic mass is 35.5. The maximum atomic E-state index is 12.2. The average molecular weight is 412 g/mol. The molecule has 0 aliphatic rings. The summed E-state index contributed by atoms with van der Waals surface area (Å²) < 4.78 is 4.98. The number of benzene rings is 2. The van der Waals surface area contributed by atoms with Crippen molar-refractivity contribution in [1.29, 1.82) is 0 Å². The number of imide groups is 1. The summed E-state index contributed by atoms with van der Waals surface area (Å²) in [5, 5.41) is 5.78. The van der Waals surface area contributed by atoms with Crippen LogP contribution in [0.25, 0.3) is 10.9 Å². The van der Waals surface area contributed by atoms with Crippen LogP contribution in [-0.4, -0.2) is 29.5 Å². The van der Waals surface area contributed by atoms with E-state index in [0.29, 0.717) is 21.7 Å². The van der Waals surface area contributed by atoms with E-state index in [0.717, 1.165) is 11.1 Å². The van der Waals surface area contributed by atoms with Crippen LogP contribution in [0.4, 0.5) is 10.5 Å². The zero-order chi connectivity index (χ0) is 21.0. The average Bonchev–Trinajstić information content (AvgIpc) is 2.69. The molecule has 0 unspecified atom stereocenters. The zero-order valence-corrected chi connectivity index (χ0v) is 16.5. The van der Waals surface area contributed by atoms with Crippen LogP contribution in [0.5, 0.6) is 0 Å². The fraction of sp³-hybridized carbons (Fsp3) is 0.143. The van der Waals surface area contributed by atoms with Crippen LogP contribution in [-0.2, 0) is 9.53 Å². The second-order valence-electron chi connectivity index (χ2n) is 6.37. The minimum Gasteiger partial charge on any atom is -0.452 e. The highest BCUT2D eigenvalue weighted by Gasteiger charge is 2.14. The fourth-order valence-corrected chi connectivity index (χ4v) is 2.80. The molecule has 2 aromatic carbocycles. The van der Waals surface area contributed by atoms with E-state index < -0.39 is 24.5 Å². The predicted octanol–water partition coefficient (Wildman–Crippen LogP) is 4.01. The largest absolute Gasteiger partial charge is 0.452 e. The third-order valence-electron chi connectivity index (χ3n) is 4.33. The van der Waals surface area contributed by atoms with Gasteiger partial charge < -0.3 is 10.1 Å². The van der Waals surface area contributed by atoms with Gasteiger partial charge in [0.2, 0.25) is 0 Å². The van der Waals surface area contributed by atoms with E-state index in [-0.39, 0.29) is 5.56 Å². The Morgan fingerprint density at radius 3 is 2.66 bits per heavy atom. The first kappa shape index (κ1) is 20.3. The predicted molar refractivity (Wildman–Crippen MR) is 110 cm³/mol. The summed E-state index contributed by atoms with van der Waals surface area (Å²) in [6.07, 6.45) is 0. The molecule has 0 bridgehead atoms. The quantitative estimate of drug-likeness (QED) is 0.499. The van der Waals surface area contributed by atoms with E-state index >= 15 is 0 Å². The lowest BCUT2D eigenvalue weighted by atomic mass is 10.1. The lowest BCUT2D eigenvalue weighted by Crippen LogP contribution is -2.37. The van der Waals surface area contributed by atoms with E-state index in [2.05, 4.69) is 15.6 Å². The van der Waals surface area contributed by atoms with Gasteiger partial charge in [-0.3, -0.25) is 10.1 Å². The van der Waals surface area contributed by atoms with Gasteiger partial charge >= 0.3 is 12.0 Å². The van der Waals surface area contributed by atoms with Crippen molar-refractivity contribution >= 4 is 46.1 Å². The van der Waals surface area contributed by atoms with Crippen LogP contribution in [0.3, 0.4) is 0 Å². The number of urea groups is 1. The summed E-state index contributed by atoms with van der Waals surface area (Å²) in [6, 6.07) is 12.8. The number of ether oxygens (including phenoxy) is 1. The molecule has 2 N–H and O–H groups in total. The van der Waals surface area contributed by atoms with Crippen LogP contribution in [0.2, 0.25) is 5.15 Å². The monoisotopic (exact) mass is 411 g/mol. The Hall–Kier alpha value is -3.45. The molecule has 0 aliphatic heterocycles. The summed E-state index contributed by atoms with van der Waals surface area (Å²) in [7, 11) is 0.